The van der Waals surface area contributed by atoms with Gasteiger partial charge in [0, 0.05) is 23.1 Å². The molecule has 0 aliphatic heterocycles. The van der Waals surface area contributed by atoms with E-state index in [1.54, 1.807) is 11.8 Å². The molecule has 3 aromatic carbocycles. The molecule has 0 aliphatic rings. The summed E-state index contributed by atoms with van der Waals surface area (Å²) in [6.45, 7) is 0. The third kappa shape index (κ3) is 4.43. The van der Waals surface area contributed by atoms with Crippen LogP contribution in [0.4, 0.5) is 0 Å². The van der Waals surface area contributed by atoms with Crippen LogP contribution in [0.25, 0.3) is 11.3 Å². The Morgan fingerprint density at radius 2 is 1.45 bits per heavy atom. The Kier molecular flexibility index (Phi) is 5.81. The second kappa shape index (κ2) is 8.83. The predicted molar refractivity (Wildman–Crippen MR) is 117 cm³/mol. The van der Waals surface area contributed by atoms with E-state index < -0.39 is 6.10 Å². The SMILES string of the molecule is Cn1nc(-c2ccccc2)c([C@H](O)C#Cc2ccccc2)c1Sc1ccccc1. The molecule has 29 heavy (non-hydrogen) atoms. The summed E-state index contributed by atoms with van der Waals surface area (Å²) in [7, 11) is 1.90. The van der Waals surface area contributed by atoms with Crippen LogP contribution in [0.15, 0.2) is 101 Å². The van der Waals surface area contributed by atoms with Crippen LogP contribution in [0, 0.1) is 11.8 Å². The molecule has 0 saturated carbocycles. The Labute approximate surface area is 175 Å². The Bertz CT molecular complexity index is 1140. The van der Waals surface area contributed by atoms with Crippen LogP contribution in [-0.4, -0.2) is 14.9 Å². The fraction of sp³-hybridized carbons (Fsp3) is 0.0800. The van der Waals surface area contributed by atoms with Gasteiger partial charge in [0.2, 0.25) is 0 Å². The molecule has 1 aromatic heterocycles. The van der Waals surface area contributed by atoms with E-state index in [4.69, 9.17) is 5.10 Å². The lowest BCUT2D eigenvalue weighted by atomic mass is 10.0. The number of aliphatic hydroxyl groups is 1. The van der Waals surface area contributed by atoms with Crippen molar-refractivity contribution in [3.63, 3.8) is 0 Å². The highest BCUT2D eigenvalue weighted by Gasteiger charge is 2.23. The number of hydrogen-bond donors (Lipinski definition) is 1. The van der Waals surface area contributed by atoms with Crippen LogP contribution in [0.2, 0.25) is 0 Å². The zero-order valence-electron chi connectivity index (χ0n) is 16.0. The van der Waals surface area contributed by atoms with Crippen LogP contribution in [-0.2, 0) is 7.05 Å². The number of nitrogens with zero attached hydrogens (tertiary/aromatic N) is 2. The van der Waals surface area contributed by atoms with Gasteiger partial charge in [-0.25, -0.2) is 0 Å². The summed E-state index contributed by atoms with van der Waals surface area (Å²) >= 11 is 1.58. The quantitative estimate of drug-likeness (QED) is 0.474. The summed E-state index contributed by atoms with van der Waals surface area (Å²) in [6, 6.07) is 29.7. The lowest BCUT2D eigenvalue weighted by molar-refractivity contribution is 0.235. The third-order valence-electron chi connectivity index (χ3n) is 4.43. The van der Waals surface area contributed by atoms with Crippen LogP contribution in [0.3, 0.4) is 0 Å². The molecule has 0 saturated heterocycles. The van der Waals surface area contributed by atoms with Crippen LogP contribution >= 0.6 is 11.8 Å². The van der Waals surface area contributed by atoms with E-state index in [9.17, 15) is 5.11 Å². The summed E-state index contributed by atoms with van der Waals surface area (Å²) in [5.74, 6) is 6.08. The van der Waals surface area contributed by atoms with Crippen molar-refractivity contribution in [3.8, 4) is 23.1 Å². The van der Waals surface area contributed by atoms with E-state index in [1.807, 2.05) is 103 Å². The van der Waals surface area contributed by atoms with Gasteiger partial charge in [-0.1, -0.05) is 90.3 Å². The van der Waals surface area contributed by atoms with E-state index in [0.717, 1.165) is 32.3 Å². The maximum Gasteiger partial charge on any atom is 0.145 e. The van der Waals surface area contributed by atoms with Gasteiger partial charge in [-0.3, -0.25) is 4.68 Å². The second-order valence-electron chi connectivity index (χ2n) is 6.51. The van der Waals surface area contributed by atoms with E-state index in [2.05, 4.69) is 11.8 Å². The maximum absolute atomic E-state index is 11.1. The first-order chi connectivity index (χ1) is 14.2. The first-order valence-electron chi connectivity index (χ1n) is 9.32. The molecule has 4 aromatic rings. The topological polar surface area (TPSA) is 38.0 Å². The fourth-order valence-electron chi connectivity index (χ4n) is 3.05. The average Bonchev–Trinajstić information content (AvgIpc) is 3.10. The van der Waals surface area contributed by atoms with E-state index in [0.29, 0.717) is 0 Å². The van der Waals surface area contributed by atoms with Crippen molar-refractivity contribution in [1.29, 1.82) is 0 Å². The van der Waals surface area contributed by atoms with Gasteiger partial charge >= 0.3 is 0 Å². The van der Waals surface area contributed by atoms with Gasteiger partial charge in [0.05, 0.1) is 5.56 Å². The van der Waals surface area contributed by atoms with Crippen molar-refractivity contribution >= 4 is 11.8 Å². The normalized spacial score (nSPS) is 11.5. The summed E-state index contributed by atoms with van der Waals surface area (Å²) in [4.78, 5) is 1.08. The van der Waals surface area contributed by atoms with Gasteiger partial charge in [0.1, 0.15) is 16.8 Å². The predicted octanol–water partition coefficient (Wildman–Crippen LogP) is 5.32. The monoisotopic (exact) mass is 396 g/mol. The lowest BCUT2D eigenvalue weighted by Crippen LogP contribution is -1.99. The molecule has 1 heterocycles. The zero-order chi connectivity index (χ0) is 20.1. The van der Waals surface area contributed by atoms with Crippen LogP contribution < -0.4 is 0 Å². The number of benzene rings is 3. The fourth-order valence-corrected chi connectivity index (χ4v) is 4.05. The van der Waals surface area contributed by atoms with E-state index in [-0.39, 0.29) is 0 Å². The molecule has 1 atom stereocenters. The third-order valence-corrected chi connectivity index (χ3v) is 5.62. The highest BCUT2D eigenvalue weighted by atomic mass is 32.2. The van der Waals surface area contributed by atoms with E-state index >= 15 is 0 Å². The van der Waals surface area contributed by atoms with Gasteiger partial charge in [-0.2, -0.15) is 5.10 Å². The molecule has 142 valence electrons. The molecule has 0 spiro atoms. The van der Waals surface area contributed by atoms with Crippen molar-refractivity contribution in [2.45, 2.75) is 16.0 Å². The Hall–Kier alpha value is -3.26. The smallest absolute Gasteiger partial charge is 0.145 e. The number of rotatable bonds is 4. The maximum atomic E-state index is 11.1. The number of hydrogen-bond acceptors (Lipinski definition) is 3. The molecule has 1 N–H and O–H groups in total. The average molecular weight is 397 g/mol. The molecule has 4 rings (SSSR count). The minimum atomic E-state index is -0.953. The molecular weight excluding hydrogens is 376 g/mol. The van der Waals surface area contributed by atoms with E-state index in [1.165, 1.54) is 0 Å². The standard InChI is InChI=1S/C25H20N2OS/c1-27-25(29-21-15-9-4-10-16-21)23(24(26-27)20-13-7-3-8-14-20)22(28)18-17-19-11-5-2-6-12-19/h2-16,22,28H,1H3/t22-/m1/s1. The summed E-state index contributed by atoms with van der Waals surface area (Å²) in [6.07, 6.45) is -0.953. The number of aromatic nitrogens is 2. The summed E-state index contributed by atoms with van der Waals surface area (Å²) in [5.41, 5.74) is 3.31. The van der Waals surface area contributed by atoms with Crippen molar-refractivity contribution in [3.05, 3.63) is 102 Å². The first-order valence-corrected chi connectivity index (χ1v) is 10.1. The zero-order valence-corrected chi connectivity index (χ0v) is 16.8. The second-order valence-corrected chi connectivity index (χ2v) is 7.57. The molecule has 0 aliphatic carbocycles. The van der Waals surface area contributed by atoms with Crippen LogP contribution in [0.5, 0.6) is 0 Å². The number of aryl methyl sites for hydroxylation is 1. The lowest BCUT2D eigenvalue weighted by Gasteiger charge is -2.09. The Morgan fingerprint density at radius 3 is 2.10 bits per heavy atom. The van der Waals surface area contributed by atoms with Gasteiger partial charge in [-0.05, 0) is 24.3 Å². The summed E-state index contributed by atoms with van der Waals surface area (Å²) < 4.78 is 1.82. The molecule has 0 amide bonds. The molecule has 3 nitrogen and oxygen atoms in total. The van der Waals surface area contributed by atoms with Gasteiger partial charge < -0.3 is 5.11 Å². The first kappa shape index (κ1) is 19.1. The highest BCUT2D eigenvalue weighted by molar-refractivity contribution is 7.99. The molecule has 0 fully saturated rings. The highest BCUT2D eigenvalue weighted by Crippen LogP contribution is 2.38. The van der Waals surface area contributed by atoms with Crippen molar-refractivity contribution in [1.82, 2.24) is 9.78 Å². The van der Waals surface area contributed by atoms with Gasteiger partial charge in [-0.15, -0.1) is 0 Å². The van der Waals surface area contributed by atoms with Crippen molar-refractivity contribution in [2.24, 2.45) is 7.05 Å². The number of aliphatic hydroxyl groups excluding tert-OH is 1. The molecular formula is C25H20N2OS. The van der Waals surface area contributed by atoms with Crippen molar-refractivity contribution in [2.75, 3.05) is 0 Å². The molecule has 4 heteroatoms. The Balaban J connectivity index is 1.79. The van der Waals surface area contributed by atoms with Gasteiger partial charge in [0.25, 0.3) is 0 Å². The molecule has 0 unspecified atom stereocenters. The molecule has 0 bridgehead atoms. The largest absolute Gasteiger partial charge is 0.376 e. The van der Waals surface area contributed by atoms with Crippen LogP contribution in [0.1, 0.15) is 17.2 Å². The minimum Gasteiger partial charge on any atom is -0.376 e. The van der Waals surface area contributed by atoms with Crippen molar-refractivity contribution < 1.29 is 5.11 Å². The Morgan fingerprint density at radius 1 is 0.862 bits per heavy atom. The van der Waals surface area contributed by atoms with Gasteiger partial charge in [0.15, 0.2) is 0 Å². The molecule has 0 radical (unpaired) electrons. The minimum absolute atomic E-state index is 0.732. The summed E-state index contributed by atoms with van der Waals surface area (Å²) in [5, 5.41) is 16.7.